The van der Waals surface area contributed by atoms with E-state index < -0.39 is 0 Å². The Balaban J connectivity index is 2.81. The minimum Gasteiger partial charge on any atom is -0.395 e. The molecule has 0 radical (unpaired) electrons. The van der Waals surface area contributed by atoms with Gasteiger partial charge in [-0.05, 0) is 6.42 Å². The lowest BCUT2D eigenvalue weighted by Gasteiger charge is -2.22. The molecule has 0 saturated carbocycles. The van der Waals surface area contributed by atoms with Gasteiger partial charge in [0.05, 0.1) is 18.5 Å². The van der Waals surface area contributed by atoms with E-state index in [0.29, 0.717) is 6.54 Å². The lowest BCUT2D eigenvalue weighted by Crippen LogP contribution is -2.28. The maximum atomic E-state index is 11.0. The van der Waals surface area contributed by atoms with E-state index in [1.165, 1.54) is 6.07 Å². The fourth-order valence-corrected chi connectivity index (χ4v) is 1.30. The molecular weight excluding hydrogens is 182 g/mol. The van der Waals surface area contributed by atoms with E-state index in [9.17, 15) is 4.79 Å². The topological polar surface area (TPSA) is 69.2 Å². The Hall–Kier alpha value is -1.36. The largest absolute Gasteiger partial charge is 0.395 e. The number of aromatic amines is 1. The summed E-state index contributed by atoms with van der Waals surface area (Å²) in [5, 5.41) is 14.9. The van der Waals surface area contributed by atoms with Crippen LogP contribution < -0.4 is 10.5 Å². The van der Waals surface area contributed by atoms with Crippen molar-refractivity contribution in [2.75, 3.05) is 24.6 Å². The fourth-order valence-electron chi connectivity index (χ4n) is 1.30. The molecule has 78 valence electrons. The van der Waals surface area contributed by atoms with Crippen LogP contribution in [-0.4, -0.2) is 35.0 Å². The number of aliphatic hydroxyl groups is 1. The number of anilines is 1. The Kier molecular flexibility index (Phi) is 4.12. The first-order valence-corrected chi connectivity index (χ1v) is 4.68. The minimum atomic E-state index is -0.221. The van der Waals surface area contributed by atoms with Gasteiger partial charge in [0, 0.05) is 19.2 Å². The molecular formula is C9H15N3O2. The van der Waals surface area contributed by atoms with E-state index in [1.807, 2.05) is 11.8 Å². The standard InChI is InChI=1S/C9H15N3O2/c1-2-3-12(4-5-13)8-6-9(14)11-10-7-8/h6-7,13H,2-5H2,1H3,(H,11,14). The second-order valence-electron chi connectivity index (χ2n) is 3.01. The third-order valence-corrected chi connectivity index (χ3v) is 1.88. The molecule has 1 aromatic heterocycles. The Morgan fingerprint density at radius 2 is 2.36 bits per heavy atom. The summed E-state index contributed by atoms with van der Waals surface area (Å²) in [6.45, 7) is 3.46. The number of rotatable bonds is 5. The molecule has 0 bridgehead atoms. The molecule has 1 rings (SSSR count). The summed E-state index contributed by atoms with van der Waals surface area (Å²) in [4.78, 5) is 12.9. The highest BCUT2D eigenvalue weighted by Gasteiger charge is 2.04. The highest BCUT2D eigenvalue weighted by atomic mass is 16.3. The second kappa shape index (κ2) is 5.39. The van der Waals surface area contributed by atoms with Crippen molar-refractivity contribution in [1.29, 1.82) is 0 Å². The number of hydrogen-bond acceptors (Lipinski definition) is 4. The van der Waals surface area contributed by atoms with E-state index in [2.05, 4.69) is 10.2 Å². The van der Waals surface area contributed by atoms with Crippen molar-refractivity contribution >= 4 is 5.69 Å². The molecule has 0 aliphatic heterocycles. The van der Waals surface area contributed by atoms with Crippen LogP contribution in [0, 0.1) is 0 Å². The molecule has 0 aliphatic carbocycles. The lowest BCUT2D eigenvalue weighted by molar-refractivity contribution is 0.302. The van der Waals surface area contributed by atoms with Crippen LogP contribution in [0.3, 0.4) is 0 Å². The van der Waals surface area contributed by atoms with Crippen molar-refractivity contribution < 1.29 is 5.11 Å². The Morgan fingerprint density at radius 3 is 2.93 bits per heavy atom. The average molecular weight is 197 g/mol. The zero-order chi connectivity index (χ0) is 10.4. The Bertz CT molecular complexity index is 318. The molecule has 0 saturated heterocycles. The zero-order valence-electron chi connectivity index (χ0n) is 8.23. The molecule has 0 unspecified atom stereocenters. The first-order valence-electron chi connectivity index (χ1n) is 4.68. The molecule has 0 aromatic carbocycles. The van der Waals surface area contributed by atoms with Gasteiger partial charge in [0.2, 0.25) is 0 Å². The van der Waals surface area contributed by atoms with E-state index in [0.717, 1.165) is 18.7 Å². The van der Waals surface area contributed by atoms with Gasteiger partial charge in [0.15, 0.2) is 0 Å². The molecule has 5 heteroatoms. The smallest absolute Gasteiger partial charge is 0.266 e. The third-order valence-electron chi connectivity index (χ3n) is 1.88. The van der Waals surface area contributed by atoms with Crippen molar-refractivity contribution in [3.63, 3.8) is 0 Å². The molecule has 14 heavy (non-hydrogen) atoms. The van der Waals surface area contributed by atoms with E-state index >= 15 is 0 Å². The third kappa shape index (κ3) is 2.85. The summed E-state index contributed by atoms with van der Waals surface area (Å²) in [5.41, 5.74) is 0.534. The van der Waals surface area contributed by atoms with Crippen LogP contribution in [-0.2, 0) is 0 Å². The van der Waals surface area contributed by atoms with Crippen LogP contribution >= 0.6 is 0 Å². The van der Waals surface area contributed by atoms with Gasteiger partial charge in [0.25, 0.3) is 5.56 Å². The SMILES string of the molecule is CCCN(CCO)c1cn[nH]c(=O)c1. The molecule has 0 atom stereocenters. The summed E-state index contributed by atoms with van der Waals surface area (Å²) in [7, 11) is 0. The minimum absolute atomic E-state index is 0.0762. The van der Waals surface area contributed by atoms with Gasteiger partial charge >= 0.3 is 0 Å². The number of aliphatic hydroxyl groups excluding tert-OH is 1. The molecule has 1 heterocycles. The maximum absolute atomic E-state index is 11.0. The summed E-state index contributed by atoms with van der Waals surface area (Å²) < 4.78 is 0. The van der Waals surface area contributed by atoms with Crippen molar-refractivity contribution in [3.05, 3.63) is 22.6 Å². The van der Waals surface area contributed by atoms with Gasteiger partial charge < -0.3 is 10.0 Å². The van der Waals surface area contributed by atoms with E-state index in [-0.39, 0.29) is 12.2 Å². The van der Waals surface area contributed by atoms with Crippen LogP contribution in [0.15, 0.2) is 17.1 Å². The molecule has 0 fully saturated rings. The molecule has 0 aliphatic rings. The van der Waals surface area contributed by atoms with Crippen LogP contribution in [0.1, 0.15) is 13.3 Å². The quantitative estimate of drug-likeness (QED) is 0.696. The van der Waals surface area contributed by atoms with Gasteiger partial charge in [-0.15, -0.1) is 0 Å². The first kappa shape index (κ1) is 10.7. The lowest BCUT2D eigenvalue weighted by atomic mass is 10.3. The van der Waals surface area contributed by atoms with E-state index in [1.54, 1.807) is 6.20 Å². The summed E-state index contributed by atoms with van der Waals surface area (Å²) in [5.74, 6) is 0. The number of H-pyrrole nitrogens is 1. The number of nitrogens with zero attached hydrogens (tertiary/aromatic N) is 2. The monoisotopic (exact) mass is 197 g/mol. The van der Waals surface area contributed by atoms with Crippen molar-refractivity contribution in [2.24, 2.45) is 0 Å². The van der Waals surface area contributed by atoms with Gasteiger partial charge in [-0.25, -0.2) is 5.10 Å². The van der Waals surface area contributed by atoms with Crippen molar-refractivity contribution in [1.82, 2.24) is 10.2 Å². The summed E-state index contributed by atoms with van der Waals surface area (Å²) >= 11 is 0. The van der Waals surface area contributed by atoms with E-state index in [4.69, 9.17) is 5.11 Å². The summed E-state index contributed by atoms with van der Waals surface area (Å²) in [6.07, 6.45) is 2.56. The van der Waals surface area contributed by atoms with Crippen LogP contribution in [0.5, 0.6) is 0 Å². The Morgan fingerprint density at radius 1 is 1.57 bits per heavy atom. The maximum Gasteiger partial charge on any atom is 0.266 e. The molecule has 0 amide bonds. The van der Waals surface area contributed by atoms with Gasteiger partial charge in [-0.2, -0.15) is 5.10 Å². The molecule has 1 aromatic rings. The van der Waals surface area contributed by atoms with Crippen LogP contribution in [0.4, 0.5) is 5.69 Å². The fraction of sp³-hybridized carbons (Fsp3) is 0.556. The Labute approximate surface area is 82.4 Å². The predicted molar refractivity (Wildman–Crippen MR) is 54.4 cm³/mol. The van der Waals surface area contributed by atoms with Crippen LogP contribution in [0.2, 0.25) is 0 Å². The van der Waals surface area contributed by atoms with Crippen molar-refractivity contribution in [2.45, 2.75) is 13.3 Å². The zero-order valence-corrected chi connectivity index (χ0v) is 8.23. The predicted octanol–water partition coefficient (Wildman–Crippen LogP) is -0.0214. The van der Waals surface area contributed by atoms with Gasteiger partial charge in [0.1, 0.15) is 0 Å². The highest BCUT2D eigenvalue weighted by molar-refractivity contribution is 5.42. The molecule has 0 spiro atoms. The van der Waals surface area contributed by atoms with Gasteiger partial charge in [-0.3, -0.25) is 4.79 Å². The average Bonchev–Trinajstić information content (AvgIpc) is 2.17. The molecule has 5 nitrogen and oxygen atoms in total. The summed E-state index contributed by atoms with van der Waals surface area (Å²) in [6, 6.07) is 1.48. The highest BCUT2D eigenvalue weighted by Crippen LogP contribution is 2.08. The first-order chi connectivity index (χ1) is 6.77. The number of aromatic nitrogens is 2. The number of nitrogens with one attached hydrogen (secondary N) is 1. The van der Waals surface area contributed by atoms with Gasteiger partial charge in [-0.1, -0.05) is 6.92 Å². The second-order valence-corrected chi connectivity index (χ2v) is 3.01. The number of hydrogen-bond donors (Lipinski definition) is 2. The normalized spacial score (nSPS) is 10.1. The van der Waals surface area contributed by atoms with Crippen LogP contribution in [0.25, 0.3) is 0 Å². The molecule has 2 N–H and O–H groups in total. The van der Waals surface area contributed by atoms with Crippen molar-refractivity contribution in [3.8, 4) is 0 Å².